The third-order valence-electron chi connectivity index (χ3n) is 4.63. The molecule has 0 atom stereocenters. The summed E-state index contributed by atoms with van der Waals surface area (Å²) in [5, 5.41) is 4.40. The summed E-state index contributed by atoms with van der Waals surface area (Å²) in [6, 6.07) is 13.5. The maximum Gasteiger partial charge on any atom is 0.234 e. The molecule has 0 saturated carbocycles. The van der Waals surface area contributed by atoms with Crippen LogP contribution in [-0.4, -0.2) is 43.5 Å². The van der Waals surface area contributed by atoms with E-state index in [2.05, 4.69) is 22.0 Å². The number of piperazine rings is 1. The zero-order chi connectivity index (χ0) is 18.5. The van der Waals surface area contributed by atoms with Crippen molar-refractivity contribution in [3.63, 3.8) is 0 Å². The van der Waals surface area contributed by atoms with Crippen molar-refractivity contribution in [2.24, 2.45) is 0 Å². The molecule has 1 heterocycles. The minimum Gasteiger partial charge on any atom is -0.369 e. The van der Waals surface area contributed by atoms with Crippen LogP contribution in [0.1, 0.15) is 11.1 Å². The van der Waals surface area contributed by atoms with E-state index in [0.717, 1.165) is 36.8 Å². The van der Waals surface area contributed by atoms with Gasteiger partial charge in [-0.2, -0.15) is 0 Å². The van der Waals surface area contributed by atoms with Gasteiger partial charge in [0.2, 0.25) is 5.91 Å². The summed E-state index contributed by atoms with van der Waals surface area (Å²) < 4.78 is 0. The van der Waals surface area contributed by atoms with Crippen molar-refractivity contribution < 1.29 is 4.79 Å². The number of hydrogen-bond acceptors (Lipinski definition) is 3. The molecule has 0 aromatic heterocycles. The standard InChI is InChI=1S/C20H23Cl2N3O/c1-15-5-6-18(22)12-19(15)25-9-7-24(8-10-25)14-20(26)23-13-16-3-2-4-17(21)11-16/h2-6,11-12H,7-10,13-14H2,1H3,(H,23,26). The second kappa shape index (κ2) is 8.76. The molecule has 0 unspecified atom stereocenters. The van der Waals surface area contributed by atoms with Gasteiger partial charge in [-0.15, -0.1) is 0 Å². The second-order valence-electron chi connectivity index (χ2n) is 6.60. The van der Waals surface area contributed by atoms with E-state index in [0.29, 0.717) is 18.1 Å². The van der Waals surface area contributed by atoms with Crippen molar-refractivity contribution in [2.75, 3.05) is 37.6 Å². The minimum atomic E-state index is 0.0392. The van der Waals surface area contributed by atoms with Crippen molar-refractivity contribution >= 4 is 34.8 Å². The first kappa shape index (κ1) is 19.0. The van der Waals surface area contributed by atoms with Crippen LogP contribution in [0.4, 0.5) is 5.69 Å². The molecular weight excluding hydrogens is 369 g/mol. The van der Waals surface area contributed by atoms with E-state index in [1.54, 1.807) is 0 Å². The first-order valence-electron chi connectivity index (χ1n) is 8.76. The van der Waals surface area contributed by atoms with Crippen LogP contribution in [-0.2, 0) is 11.3 Å². The quantitative estimate of drug-likeness (QED) is 0.842. The van der Waals surface area contributed by atoms with Crippen LogP contribution < -0.4 is 10.2 Å². The molecule has 26 heavy (non-hydrogen) atoms. The predicted molar refractivity (Wildman–Crippen MR) is 108 cm³/mol. The summed E-state index contributed by atoms with van der Waals surface area (Å²) in [7, 11) is 0. The molecule has 1 N–H and O–H groups in total. The Morgan fingerprint density at radius 1 is 1.04 bits per heavy atom. The maximum atomic E-state index is 12.2. The molecule has 1 saturated heterocycles. The summed E-state index contributed by atoms with van der Waals surface area (Å²) in [6.07, 6.45) is 0. The Kier molecular flexibility index (Phi) is 6.41. The molecule has 0 spiro atoms. The summed E-state index contributed by atoms with van der Waals surface area (Å²) in [5.74, 6) is 0.0392. The van der Waals surface area contributed by atoms with Crippen molar-refractivity contribution in [1.82, 2.24) is 10.2 Å². The zero-order valence-corrected chi connectivity index (χ0v) is 16.4. The highest BCUT2D eigenvalue weighted by atomic mass is 35.5. The van der Waals surface area contributed by atoms with Crippen molar-refractivity contribution in [3.8, 4) is 0 Å². The number of halogens is 2. The number of amides is 1. The number of benzene rings is 2. The summed E-state index contributed by atoms with van der Waals surface area (Å²) >= 11 is 12.1. The third-order valence-corrected chi connectivity index (χ3v) is 5.10. The Bertz CT molecular complexity index is 773. The van der Waals surface area contributed by atoms with E-state index in [1.165, 1.54) is 11.3 Å². The van der Waals surface area contributed by atoms with Crippen LogP contribution in [0.15, 0.2) is 42.5 Å². The average Bonchev–Trinajstić information content (AvgIpc) is 2.63. The fraction of sp³-hybridized carbons (Fsp3) is 0.350. The van der Waals surface area contributed by atoms with Gasteiger partial charge in [0.25, 0.3) is 0 Å². The lowest BCUT2D eigenvalue weighted by Crippen LogP contribution is -2.49. The van der Waals surface area contributed by atoms with E-state index in [1.807, 2.05) is 42.5 Å². The van der Waals surface area contributed by atoms with Gasteiger partial charge < -0.3 is 10.2 Å². The highest BCUT2D eigenvalue weighted by Gasteiger charge is 2.20. The molecule has 4 nitrogen and oxygen atoms in total. The van der Waals surface area contributed by atoms with Crippen molar-refractivity contribution in [2.45, 2.75) is 13.5 Å². The maximum absolute atomic E-state index is 12.2. The summed E-state index contributed by atoms with van der Waals surface area (Å²) in [5.41, 5.74) is 3.41. The first-order valence-corrected chi connectivity index (χ1v) is 9.51. The van der Waals surface area contributed by atoms with Gasteiger partial charge in [0.1, 0.15) is 0 Å². The molecule has 2 aromatic rings. The third kappa shape index (κ3) is 5.13. The predicted octanol–water partition coefficient (Wildman–Crippen LogP) is 3.74. The van der Waals surface area contributed by atoms with E-state index in [-0.39, 0.29) is 5.91 Å². The molecule has 2 aromatic carbocycles. The highest BCUT2D eigenvalue weighted by molar-refractivity contribution is 6.31. The Labute approximate surface area is 164 Å². The molecule has 138 valence electrons. The molecule has 0 aliphatic carbocycles. The van der Waals surface area contributed by atoms with Crippen LogP contribution in [0.5, 0.6) is 0 Å². The summed E-state index contributed by atoms with van der Waals surface area (Å²) in [6.45, 7) is 6.52. The number of aryl methyl sites for hydroxylation is 1. The molecule has 1 amide bonds. The largest absolute Gasteiger partial charge is 0.369 e. The number of anilines is 1. The van der Waals surface area contributed by atoms with Crippen LogP contribution in [0.3, 0.4) is 0 Å². The van der Waals surface area contributed by atoms with Gasteiger partial charge >= 0.3 is 0 Å². The van der Waals surface area contributed by atoms with E-state index in [9.17, 15) is 4.79 Å². The lowest BCUT2D eigenvalue weighted by Gasteiger charge is -2.36. The number of hydrogen-bond donors (Lipinski definition) is 1. The van der Waals surface area contributed by atoms with Crippen molar-refractivity contribution in [3.05, 3.63) is 63.6 Å². The molecule has 0 bridgehead atoms. The molecule has 3 rings (SSSR count). The number of nitrogens with zero attached hydrogens (tertiary/aromatic N) is 2. The van der Waals surface area contributed by atoms with Gasteiger partial charge in [0.15, 0.2) is 0 Å². The van der Waals surface area contributed by atoms with Gasteiger partial charge in [-0.1, -0.05) is 41.4 Å². The SMILES string of the molecule is Cc1ccc(Cl)cc1N1CCN(CC(=O)NCc2cccc(Cl)c2)CC1. The second-order valence-corrected chi connectivity index (χ2v) is 7.47. The monoisotopic (exact) mass is 391 g/mol. The van der Waals surface area contributed by atoms with Crippen LogP contribution >= 0.6 is 23.2 Å². The Morgan fingerprint density at radius 2 is 1.77 bits per heavy atom. The van der Waals surface area contributed by atoms with E-state index in [4.69, 9.17) is 23.2 Å². The Hall–Kier alpha value is -1.75. The van der Waals surface area contributed by atoms with Gasteiger partial charge in [0, 0.05) is 48.5 Å². The number of nitrogens with one attached hydrogen (secondary N) is 1. The fourth-order valence-corrected chi connectivity index (χ4v) is 3.56. The molecule has 0 radical (unpaired) electrons. The normalized spacial score (nSPS) is 15.1. The van der Waals surface area contributed by atoms with Gasteiger partial charge in [0.05, 0.1) is 6.54 Å². The van der Waals surface area contributed by atoms with Gasteiger partial charge in [-0.3, -0.25) is 9.69 Å². The van der Waals surface area contributed by atoms with Gasteiger partial charge in [-0.25, -0.2) is 0 Å². The average molecular weight is 392 g/mol. The lowest BCUT2D eigenvalue weighted by molar-refractivity contribution is -0.122. The molecule has 1 fully saturated rings. The first-order chi connectivity index (χ1) is 12.5. The Balaban J connectivity index is 1.46. The van der Waals surface area contributed by atoms with Crippen LogP contribution in [0.2, 0.25) is 10.0 Å². The number of carbonyl (C=O) groups excluding carboxylic acids is 1. The van der Waals surface area contributed by atoms with E-state index < -0.39 is 0 Å². The molecular formula is C20H23Cl2N3O. The molecule has 1 aliphatic heterocycles. The minimum absolute atomic E-state index is 0.0392. The van der Waals surface area contributed by atoms with Crippen molar-refractivity contribution in [1.29, 1.82) is 0 Å². The summed E-state index contributed by atoms with van der Waals surface area (Å²) in [4.78, 5) is 16.7. The number of carbonyl (C=O) groups is 1. The fourth-order valence-electron chi connectivity index (χ4n) is 3.18. The lowest BCUT2D eigenvalue weighted by atomic mass is 10.1. The zero-order valence-electron chi connectivity index (χ0n) is 14.8. The van der Waals surface area contributed by atoms with Crippen LogP contribution in [0, 0.1) is 6.92 Å². The Morgan fingerprint density at radius 3 is 2.50 bits per heavy atom. The smallest absolute Gasteiger partial charge is 0.234 e. The molecule has 6 heteroatoms. The molecule has 1 aliphatic rings. The van der Waals surface area contributed by atoms with Crippen LogP contribution in [0.25, 0.3) is 0 Å². The van der Waals surface area contributed by atoms with E-state index >= 15 is 0 Å². The highest BCUT2D eigenvalue weighted by Crippen LogP contribution is 2.25. The van der Waals surface area contributed by atoms with Gasteiger partial charge in [-0.05, 0) is 42.3 Å². The topological polar surface area (TPSA) is 35.6 Å². The number of rotatable bonds is 5.